The third-order valence-electron chi connectivity index (χ3n) is 4.11. The zero-order valence-corrected chi connectivity index (χ0v) is 11.3. The molecule has 0 saturated carbocycles. The van der Waals surface area contributed by atoms with Gasteiger partial charge in [0.1, 0.15) is 11.6 Å². The van der Waals surface area contributed by atoms with Gasteiger partial charge in [-0.2, -0.15) is 0 Å². The van der Waals surface area contributed by atoms with Gasteiger partial charge in [-0.05, 0) is 25.8 Å². The Hall–Kier alpha value is -1.43. The molecule has 2 aliphatic rings. The van der Waals surface area contributed by atoms with Crippen molar-refractivity contribution in [1.29, 1.82) is 0 Å². The van der Waals surface area contributed by atoms with Gasteiger partial charge in [0.2, 0.25) is 0 Å². The number of nitrogens with zero attached hydrogens (tertiary/aromatic N) is 4. The van der Waals surface area contributed by atoms with E-state index in [1.165, 1.54) is 20.0 Å². The Labute approximate surface area is 112 Å². The maximum atomic E-state index is 11.5. The largest absolute Gasteiger partial charge is 0.469 e. The van der Waals surface area contributed by atoms with Gasteiger partial charge in [0.05, 0.1) is 19.6 Å². The minimum atomic E-state index is -0.0919. The van der Waals surface area contributed by atoms with Crippen LogP contribution in [0.4, 0.5) is 0 Å². The molecule has 1 saturated heterocycles. The predicted molar refractivity (Wildman–Crippen MR) is 68.4 cm³/mol. The molecule has 0 radical (unpaired) electrons. The Morgan fingerprint density at radius 3 is 3.11 bits per heavy atom. The Morgan fingerprint density at radius 2 is 2.26 bits per heavy atom. The van der Waals surface area contributed by atoms with Gasteiger partial charge in [0.15, 0.2) is 0 Å². The highest BCUT2D eigenvalue weighted by Gasteiger charge is 2.30. The summed E-state index contributed by atoms with van der Waals surface area (Å²) in [6.45, 7) is 3.53. The van der Waals surface area contributed by atoms with Crippen molar-refractivity contribution in [2.45, 2.75) is 38.8 Å². The van der Waals surface area contributed by atoms with E-state index in [-0.39, 0.29) is 11.9 Å². The lowest BCUT2D eigenvalue weighted by atomic mass is 10.1. The second-order valence-corrected chi connectivity index (χ2v) is 5.39. The van der Waals surface area contributed by atoms with Crippen molar-refractivity contribution in [3.63, 3.8) is 0 Å². The van der Waals surface area contributed by atoms with Gasteiger partial charge in [0.25, 0.3) is 0 Å². The summed E-state index contributed by atoms with van der Waals surface area (Å²) < 4.78 is 7.05. The fourth-order valence-electron chi connectivity index (χ4n) is 3.02. The van der Waals surface area contributed by atoms with Gasteiger partial charge in [-0.1, -0.05) is 0 Å². The van der Waals surface area contributed by atoms with Gasteiger partial charge < -0.3 is 9.30 Å². The third kappa shape index (κ3) is 2.49. The fraction of sp³-hybridized carbons (Fsp3) is 0.769. The molecule has 0 N–H and O–H groups in total. The van der Waals surface area contributed by atoms with Gasteiger partial charge in [-0.3, -0.25) is 9.69 Å². The summed E-state index contributed by atoms with van der Waals surface area (Å²) in [4.78, 5) is 13.8. The molecule has 1 unspecified atom stereocenters. The van der Waals surface area contributed by atoms with Crippen LogP contribution in [-0.4, -0.2) is 45.8 Å². The number of rotatable bonds is 3. The molecule has 0 amide bonds. The van der Waals surface area contributed by atoms with Crippen LogP contribution in [0.15, 0.2) is 0 Å². The first-order chi connectivity index (χ1) is 9.28. The van der Waals surface area contributed by atoms with Crippen molar-refractivity contribution >= 4 is 5.97 Å². The molecule has 104 valence electrons. The highest BCUT2D eigenvalue weighted by atomic mass is 16.5. The van der Waals surface area contributed by atoms with E-state index in [4.69, 9.17) is 4.74 Å². The average Bonchev–Trinajstić information content (AvgIpc) is 3.06. The molecule has 3 rings (SSSR count). The zero-order valence-electron chi connectivity index (χ0n) is 11.3. The predicted octanol–water partition coefficient (Wildman–Crippen LogP) is 0.609. The Bertz CT molecular complexity index is 471. The highest BCUT2D eigenvalue weighted by molar-refractivity contribution is 5.72. The van der Waals surface area contributed by atoms with Crippen LogP contribution in [0, 0.1) is 5.92 Å². The first kappa shape index (κ1) is 12.6. The average molecular weight is 264 g/mol. The molecule has 1 aromatic rings. The summed E-state index contributed by atoms with van der Waals surface area (Å²) in [7, 11) is 1.46. The number of aromatic nitrogens is 3. The number of aryl methyl sites for hydroxylation is 1. The summed E-state index contributed by atoms with van der Waals surface area (Å²) in [5, 5.41) is 8.57. The van der Waals surface area contributed by atoms with Crippen LogP contribution in [0.2, 0.25) is 0 Å². The molecule has 1 aromatic heterocycles. The first-order valence-corrected chi connectivity index (χ1v) is 6.99. The van der Waals surface area contributed by atoms with Crippen molar-refractivity contribution in [1.82, 2.24) is 19.7 Å². The SMILES string of the molecule is COC(=O)C1CCN(Cc2nnc3n2CCCC3)C1. The van der Waals surface area contributed by atoms with Crippen LogP contribution in [0.25, 0.3) is 0 Å². The highest BCUT2D eigenvalue weighted by Crippen LogP contribution is 2.21. The first-order valence-electron chi connectivity index (χ1n) is 6.99. The molecule has 0 bridgehead atoms. The molecule has 6 nitrogen and oxygen atoms in total. The number of likely N-dealkylation sites (tertiary alicyclic amines) is 1. The number of esters is 1. The molecular formula is C13H20N4O2. The quantitative estimate of drug-likeness (QED) is 0.749. The number of methoxy groups -OCH3 is 1. The molecule has 2 aliphatic heterocycles. The van der Waals surface area contributed by atoms with Crippen molar-refractivity contribution in [3.05, 3.63) is 11.6 Å². The topological polar surface area (TPSA) is 60.2 Å². The van der Waals surface area contributed by atoms with Crippen LogP contribution in [0.1, 0.15) is 30.9 Å². The fourth-order valence-corrected chi connectivity index (χ4v) is 3.02. The smallest absolute Gasteiger partial charge is 0.310 e. The molecule has 0 aromatic carbocycles. The monoisotopic (exact) mass is 264 g/mol. The van der Waals surface area contributed by atoms with E-state index < -0.39 is 0 Å². The zero-order chi connectivity index (χ0) is 13.2. The Morgan fingerprint density at radius 1 is 1.37 bits per heavy atom. The van der Waals surface area contributed by atoms with Crippen molar-refractivity contribution in [3.8, 4) is 0 Å². The van der Waals surface area contributed by atoms with Gasteiger partial charge in [-0.15, -0.1) is 10.2 Å². The van der Waals surface area contributed by atoms with E-state index in [9.17, 15) is 4.79 Å². The standard InChI is InChI=1S/C13H20N4O2/c1-19-13(18)10-5-7-16(8-10)9-12-15-14-11-4-2-3-6-17(11)12/h10H,2-9H2,1H3. The lowest BCUT2D eigenvalue weighted by Gasteiger charge is -2.18. The number of hydrogen-bond acceptors (Lipinski definition) is 5. The van der Waals surface area contributed by atoms with Crippen LogP contribution in [0.5, 0.6) is 0 Å². The van der Waals surface area contributed by atoms with Crippen LogP contribution >= 0.6 is 0 Å². The third-order valence-corrected chi connectivity index (χ3v) is 4.11. The van der Waals surface area contributed by atoms with E-state index >= 15 is 0 Å². The number of carbonyl (C=O) groups excluding carboxylic acids is 1. The molecular weight excluding hydrogens is 244 g/mol. The van der Waals surface area contributed by atoms with Crippen LogP contribution in [-0.2, 0) is 29.0 Å². The summed E-state index contributed by atoms with van der Waals surface area (Å²) in [5.74, 6) is 2.09. The normalized spacial score (nSPS) is 23.3. The van der Waals surface area contributed by atoms with E-state index in [0.717, 1.165) is 50.7 Å². The van der Waals surface area contributed by atoms with Crippen LogP contribution < -0.4 is 0 Å². The molecule has 3 heterocycles. The van der Waals surface area contributed by atoms with E-state index in [2.05, 4.69) is 19.7 Å². The van der Waals surface area contributed by atoms with Gasteiger partial charge in [0, 0.05) is 19.5 Å². The minimum absolute atomic E-state index is 0.0220. The van der Waals surface area contributed by atoms with Crippen LogP contribution in [0.3, 0.4) is 0 Å². The van der Waals surface area contributed by atoms with E-state index in [0.29, 0.717) is 0 Å². The Balaban J connectivity index is 1.63. The lowest BCUT2D eigenvalue weighted by Crippen LogP contribution is -2.26. The molecule has 0 aliphatic carbocycles. The summed E-state index contributed by atoms with van der Waals surface area (Å²) >= 11 is 0. The molecule has 6 heteroatoms. The summed E-state index contributed by atoms with van der Waals surface area (Å²) in [5.41, 5.74) is 0. The molecule has 19 heavy (non-hydrogen) atoms. The number of ether oxygens (including phenoxy) is 1. The van der Waals surface area contributed by atoms with Crippen molar-refractivity contribution < 1.29 is 9.53 Å². The van der Waals surface area contributed by atoms with Crippen molar-refractivity contribution in [2.75, 3.05) is 20.2 Å². The molecule has 0 spiro atoms. The Kier molecular flexibility index (Phi) is 3.50. The molecule has 1 atom stereocenters. The van der Waals surface area contributed by atoms with Gasteiger partial charge in [-0.25, -0.2) is 0 Å². The van der Waals surface area contributed by atoms with Crippen molar-refractivity contribution in [2.24, 2.45) is 5.92 Å². The summed E-state index contributed by atoms with van der Waals surface area (Å²) in [6, 6.07) is 0. The number of carbonyl (C=O) groups is 1. The maximum Gasteiger partial charge on any atom is 0.310 e. The van der Waals surface area contributed by atoms with E-state index in [1.807, 2.05) is 0 Å². The minimum Gasteiger partial charge on any atom is -0.469 e. The second-order valence-electron chi connectivity index (χ2n) is 5.39. The van der Waals surface area contributed by atoms with E-state index in [1.54, 1.807) is 0 Å². The number of fused-ring (bicyclic) bond motifs is 1. The number of hydrogen-bond donors (Lipinski definition) is 0. The van der Waals surface area contributed by atoms with Gasteiger partial charge >= 0.3 is 5.97 Å². The lowest BCUT2D eigenvalue weighted by molar-refractivity contribution is -0.144. The second kappa shape index (κ2) is 5.28. The molecule has 1 fully saturated rings. The maximum absolute atomic E-state index is 11.5. The summed E-state index contributed by atoms with van der Waals surface area (Å²) in [6.07, 6.45) is 4.35.